The zero-order valence-corrected chi connectivity index (χ0v) is 12.4. The summed E-state index contributed by atoms with van der Waals surface area (Å²) in [5, 5.41) is 3.04. The van der Waals surface area contributed by atoms with Gasteiger partial charge < -0.3 is 15.8 Å². The zero-order valence-electron chi connectivity index (χ0n) is 12.4. The van der Waals surface area contributed by atoms with Gasteiger partial charge in [-0.3, -0.25) is 4.79 Å². The summed E-state index contributed by atoms with van der Waals surface area (Å²) in [6.07, 6.45) is 8.30. The second-order valence-corrected chi connectivity index (χ2v) is 5.55. The van der Waals surface area contributed by atoms with Crippen LogP contribution in [0.25, 0.3) is 0 Å². The van der Waals surface area contributed by atoms with Gasteiger partial charge in [-0.1, -0.05) is 25.3 Å². The molecule has 1 aliphatic carbocycles. The lowest BCUT2D eigenvalue weighted by molar-refractivity contribution is -0.124. The van der Waals surface area contributed by atoms with Crippen LogP contribution < -0.4 is 15.8 Å². The second-order valence-electron chi connectivity index (χ2n) is 5.55. The van der Waals surface area contributed by atoms with Gasteiger partial charge in [-0.15, -0.1) is 6.58 Å². The van der Waals surface area contributed by atoms with E-state index < -0.39 is 0 Å². The third-order valence-electron chi connectivity index (χ3n) is 3.78. The summed E-state index contributed by atoms with van der Waals surface area (Å²) < 4.78 is 5.63. The monoisotopic (exact) mass is 288 g/mol. The van der Waals surface area contributed by atoms with Crippen molar-refractivity contribution < 1.29 is 9.53 Å². The third kappa shape index (κ3) is 4.81. The molecular weight excluding hydrogens is 264 g/mol. The van der Waals surface area contributed by atoms with Crippen LogP contribution in [-0.2, 0) is 11.2 Å². The number of carbonyl (C=O) groups excluding carboxylic acids is 1. The maximum atomic E-state index is 11.9. The molecule has 1 aliphatic rings. The lowest BCUT2D eigenvalue weighted by Gasteiger charge is -2.22. The summed E-state index contributed by atoms with van der Waals surface area (Å²) in [6, 6.07) is 5.76. The minimum absolute atomic E-state index is 0.0462. The van der Waals surface area contributed by atoms with Crippen molar-refractivity contribution in [2.45, 2.75) is 44.6 Å². The summed E-state index contributed by atoms with van der Waals surface area (Å²) in [7, 11) is 0. The normalized spacial score (nSPS) is 15.4. The molecule has 4 heteroatoms. The molecule has 21 heavy (non-hydrogen) atoms. The molecule has 1 saturated carbocycles. The number of anilines is 1. The van der Waals surface area contributed by atoms with E-state index in [0.29, 0.717) is 23.9 Å². The molecule has 114 valence electrons. The Morgan fingerprint density at radius 1 is 1.38 bits per heavy atom. The van der Waals surface area contributed by atoms with Gasteiger partial charge in [-0.25, -0.2) is 0 Å². The van der Waals surface area contributed by atoms with Crippen LogP contribution in [0.5, 0.6) is 5.75 Å². The van der Waals surface area contributed by atoms with Gasteiger partial charge in [-0.05, 0) is 43.0 Å². The molecule has 0 heterocycles. The summed E-state index contributed by atoms with van der Waals surface area (Å²) in [4.78, 5) is 11.9. The van der Waals surface area contributed by atoms with Crippen LogP contribution in [0.4, 0.5) is 5.69 Å². The van der Waals surface area contributed by atoms with Crippen molar-refractivity contribution in [3.63, 3.8) is 0 Å². The highest BCUT2D eigenvalue weighted by molar-refractivity contribution is 5.77. The average Bonchev–Trinajstić information content (AvgIpc) is 2.48. The molecule has 0 bridgehead atoms. The lowest BCUT2D eigenvalue weighted by atomic mass is 9.95. The molecule has 1 amide bonds. The number of benzene rings is 1. The highest BCUT2D eigenvalue weighted by Crippen LogP contribution is 2.22. The van der Waals surface area contributed by atoms with Crippen LogP contribution in [0.1, 0.15) is 37.7 Å². The SMILES string of the molecule is C=CCc1cc(N)ccc1OCC(=O)NC1CCCCC1. The molecule has 0 aliphatic heterocycles. The van der Waals surface area contributed by atoms with E-state index in [1.54, 1.807) is 12.1 Å². The van der Waals surface area contributed by atoms with Crippen LogP contribution in [-0.4, -0.2) is 18.6 Å². The maximum absolute atomic E-state index is 11.9. The van der Waals surface area contributed by atoms with Crippen LogP contribution in [0, 0.1) is 0 Å². The fourth-order valence-electron chi connectivity index (χ4n) is 2.71. The van der Waals surface area contributed by atoms with Gasteiger partial charge in [-0.2, -0.15) is 0 Å². The number of nitrogen functional groups attached to an aromatic ring is 1. The summed E-state index contributed by atoms with van der Waals surface area (Å²) in [5.41, 5.74) is 7.41. The smallest absolute Gasteiger partial charge is 0.258 e. The van der Waals surface area contributed by atoms with E-state index in [9.17, 15) is 4.79 Å². The predicted molar refractivity (Wildman–Crippen MR) is 85.3 cm³/mol. The van der Waals surface area contributed by atoms with Crippen molar-refractivity contribution in [3.8, 4) is 5.75 Å². The van der Waals surface area contributed by atoms with Crippen molar-refractivity contribution in [2.75, 3.05) is 12.3 Å². The predicted octanol–water partition coefficient (Wildman–Crippen LogP) is 2.83. The number of hydrogen-bond donors (Lipinski definition) is 2. The number of ether oxygens (including phenoxy) is 1. The van der Waals surface area contributed by atoms with E-state index >= 15 is 0 Å². The van der Waals surface area contributed by atoms with Crippen LogP contribution >= 0.6 is 0 Å². The summed E-state index contributed by atoms with van der Waals surface area (Å²) in [6.45, 7) is 3.77. The Labute approximate surface area is 126 Å². The van der Waals surface area contributed by atoms with E-state index in [2.05, 4.69) is 11.9 Å². The number of nitrogens with two attached hydrogens (primary N) is 1. The van der Waals surface area contributed by atoms with Crippen LogP contribution in [0.15, 0.2) is 30.9 Å². The first-order chi connectivity index (χ1) is 10.2. The van der Waals surface area contributed by atoms with Crippen molar-refractivity contribution in [1.29, 1.82) is 0 Å². The molecule has 1 fully saturated rings. The molecule has 0 atom stereocenters. The number of allylic oxidation sites excluding steroid dienone is 1. The minimum atomic E-state index is -0.0525. The largest absolute Gasteiger partial charge is 0.483 e. The van der Waals surface area contributed by atoms with E-state index in [0.717, 1.165) is 18.4 Å². The molecule has 0 aromatic heterocycles. The fraction of sp³-hybridized carbons (Fsp3) is 0.471. The van der Waals surface area contributed by atoms with E-state index in [-0.39, 0.29) is 12.5 Å². The van der Waals surface area contributed by atoms with E-state index in [1.807, 2.05) is 12.1 Å². The van der Waals surface area contributed by atoms with Crippen molar-refractivity contribution in [1.82, 2.24) is 5.32 Å². The Balaban J connectivity index is 1.86. The van der Waals surface area contributed by atoms with Crippen LogP contribution in [0.3, 0.4) is 0 Å². The first kappa shape index (κ1) is 15.4. The Kier molecular flexibility index (Phi) is 5.67. The van der Waals surface area contributed by atoms with Crippen molar-refractivity contribution >= 4 is 11.6 Å². The molecule has 0 saturated heterocycles. The average molecular weight is 288 g/mol. The van der Waals surface area contributed by atoms with Gasteiger partial charge in [0.05, 0.1) is 0 Å². The number of amides is 1. The topological polar surface area (TPSA) is 64.3 Å². The highest BCUT2D eigenvalue weighted by atomic mass is 16.5. The van der Waals surface area contributed by atoms with Crippen molar-refractivity contribution in [2.24, 2.45) is 0 Å². The van der Waals surface area contributed by atoms with Crippen molar-refractivity contribution in [3.05, 3.63) is 36.4 Å². The Bertz CT molecular complexity index is 494. The molecule has 0 spiro atoms. The van der Waals surface area contributed by atoms with Gasteiger partial charge in [0.1, 0.15) is 5.75 Å². The molecular formula is C17H24N2O2. The summed E-state index contributed by atoms with van der Waals surface area (Å²) >= 11 is 0. The Hall–Kier alpha value is -1.97. The zero-order chi connectivity index (χ0) is 15.1. The molecule has 0 radical (unpaired) electrons. The molecule has 1 aromatic rings. The van der Waals surface area contributed by atoms with E-state index in [4.69, 9.17) is 10.5 Å². The number of hydrogen-bond acceptors (Lipinski definition) is 3. The molecule has 0 unspecified atom stereocenters. The number of rotatable bonds is 6. The van der Waals surface area contributed by atoms with Gasteiger partial charge in [0, 0.05) is 11.7 Å². The van der Waals surface area contributed by atoms with Gasteiger partial charge >= 0.3 is 0 Å². The van der Waals surface area contributed by atoms with Gasteiger partial charge in [0.2, 0.25) is 0 Å². The summed E-state index contributed by atoms with van der Waals surface area (Å²) in [5.74, 6) is 0.645. The van der Waals surface area contributed by atoms with Gasteiger partial charge in [0.25, 0.3) is 5.91 Å². The standard InChI is InChI=1S/C17H24N2O2/c1-2-6-13-11-14(18)9-10-16(13)21-12-17(20)19-15-7-4-3-5-8-15/h2,9-11,15H,1,3-8,12,18H2,(H,19,20). The molecule has 1 aromatic carbocycles. The molecule has 3 N–H and O–H groups in total. The first-order valence-corrected chi connectivity index (χ1v) is 7.60. The molecule has 4 nitrogen and oxygen atoms in total. The maximum Gasteiger partial charge on any atom is 0.258 e. The Morgan fingerprint density at radius 3 is 2.86 bits per heavy atom. The van der Waals surface area contributed by atoms with Gasteiger partial charge in [0.15, 0.2) is 6.61 Å². The lowest BCUT2D eigenvalue weighted by Crippen LogP contribution is -2.39. The quantitative estimate of drug-likeness (QED) is 0.625. The highest BCUT2D eigenvalue weighted by Gasteiger charge is 2.16. The second kappa shape index (κ2) is 7.72. The number of nitrogens with one attached hydrogen (secondary N) is 1. The fourth-order valence-corrected chi connectivity index (χ4v) is 2.71. The molecule has 2 rings (SSSR count). The third-order valence-corrected chi connectivity index (χ3v) is 3.78. The number of carbonyl (C=O) groups is 1. The minimum Gasteiger partial charge on any atom is -0.483 e. The Morgan fingerprint density at radius 2 is 2.14 bits per heavy atom. The van der Waals surface area contributed by atoms with E-state index in [1.165, 1.54) is 19.3 Å². The first-order valence-electron chi connectivity index (χ1n) is 7.60. The van der Waals surface area contributed by atoms with Crippen LogP contribution in [0.2, 0.25) is 0 Å².